The zero-order valence-corrected chi connectivity index (χ0v) is 12.5. The highest BCUT2D eigenvalue weighted by Crippen LogP contribution is 2.24. The number of nitrogens with zero attached hydrogens (tertiary/aromatic N) is 5. The molecule has 1 aliphatic heterocycles. The van der Waals surface area contributed by atoms with Gasteiger partial charge in [-0.25, -0.2) is 0 Å². The van der Waals surface area contributed by atoms with Crippen LogP contribution in [0.1, 0.15) is 24.6 Å². The van der Waals surface area contributed by atoms with E-state index in [2.05, 4.69) is 32.2 Å². The van der Waals surface area contributed by atoms with Gasteiger partial charge in [0, 0.05) is 37.7 Å². The molecular formula is C13H20N6S. The Morgan fingerprint density at radius 3 is 3.15 bits per heavy atom. The SMILES string of the molecule is Cn1c(SCCn2cccn2)nnc1[C@@H]1CCCNC1. The smallest absolute Gasteiger partial charge is 0.191 e. The summed E-state index contributed by atoms with van der Waals surface area (Å²) < 4.78 is 4.08. The highest BCUT2D eigenvalue weighted by atomic mass is 32.2. The van der Waals surface area contributed by atoms with E-state index in [1.165, 1.54) is 12.8 Å². The average Bonchev–Trinajstić information content (AvgIpc) is 3.11. The Morgan fingerprint density at radius 1 is 1.45 bits per heavy atom. The maximum atomic E-state index is 4.38. The lowest BCUT2D eigenvalue weighted by Gasteiger charge is -2.21. The number of rotatable bonds is 5. The maximum absolute atomic E-state index is 4.38. The van der Waals surface area contributed by atoms with E-state index < -0.39 is 0 Å². The molecule has 1 atom stereocenters. The third kappa shape index (κ3) is 3.04. The first-order valence-corrected chi connectivity index (χ1v) is 8.03. The quantitative estimate of drug-likeness (QED) is 0.841. The molecule has 1 aliphatic rings. The molecule has 3 rings (SSSR count). The molecule has 1 saturated heterocycles. The van der Waals surface area contributed by atoms with E-state index in [4.69, 9.17) is 0 Å². The summed E-state index contributed by atoms with van der Waals surface area (Å²) in [5.41, 5.74) is 0. The number of hydrogen-bond donors (Lipinski definition) is 1. The fourth-order valence-electron chi connectivity index (χ4n) is 2.54. The number of hydrogen-bond acceptors (Lipinski definition) is 5. The number of aromatic nitrogens is 5. The average molecular weight is 292 g/mol. The number of thioether (sulfide) groups is 1. The highest BCUT2D eigenvalue weighted by Gasteiger charge is 2.21. The van der Waals surface area contributed by atoms with E-state index in [0.29, 0.717) is 5.92 Å². The van der Waals surface area contributed by atoms with Crippen LogP contribution in [0.2, 0.25) is 0 Å². The van der Waals surface area contributed by atoms with Crippen LogP contribution in [0.4, 0.5) is 0 Å². The predicted molar refractivity (Wildman–Crippen MR) is 78.8 cm³/mol. The molecule has 0 saturated carbocycles. The van der Waals surface area contributed by atoms with Crippen molar-refractivity contribution in [2.75, 3.05) is 18.8 Å². The molecule has 6 nitrogen and oxygen atoms in total. The maximum Gasteiger partial charge on any atom is 0.191 e. The molecule has 7 heteroatoms. The number of piperidine rings is 1. The summed E-state index contributed by atoms with van der Waals surface area (Å²) in [6, 6.07) is 1.95. The van der Waals surface area contributed by atoms with Crippen LogP contribution >= 0.6 is 11.8 Å². The number of aryl methyl sites for hydroxylation is 1. The van der Waals surface area contributed by atoms with Gasteiger partial charge >= 0.3 is 0 Å². The second kappa shape index (κ2) is 6.41. The van der Waals surface area contributed by atoms with Crippen molar-refractivity contribution in [3.63, 3.8) is 0 Å². The lowest BCUT2D eigenvalue weighted by atomic mass is 9.99. The van der Waals surface area contributed by atoms with Gasteiger partial charge in [0.15, 0.2) is 5.16 Å². The Bertz CT molecular complexity index is 529. The predicted octanol–water partition coefficient (Wildman–Crippen LogP) is 1.27. The first-order valence-electron chi connectivity index (χ1n) is 7.05. The molecule has 20 heavy (non-hydrogen) atoms. The van der Waals surface area contributed by atoms with E-state index >= 15 is 0 Å². The van der Waals surface area contributed by atoms with Crippen molar-refractivity contribution in [2.24, 2.45) is 7.05 Å². The molecule has 1 fully saturated rings. The summed E-state index contributed by atoms with van der Waals surface area (Å²) in [7, 11) is 2.07. The van der Waals surface area contributed by atoms with Gasteiger partial charge in [0.1, 0.15) is 5.82 Å². The Balaban J connectivity index is 1.58. The molecule has 3 heterocycles. The van der Waals surface area contributed by atoms with E-state index in [1.54, 1.807) is 18.0 Å². The van der Waals surface area contributed by atoms with Gasteiger partial charge in [0.25, 0.3) is 0 Å². The lowest BCUT2D eigenvalue weighted by molar-refractivity contribution is 0.436. The second-order valence-corrected chi connectivity index (χ2v) is 6.12. The normalized spacial score (nSPS) is 19.4. The zero-order valence-electron chi connectivity index (χ0n) is 11.7. The fourth-order valence-corrected chi connectivity index (χ4v) is 3.39. The molecule has 0 aromatic carbocycles. The molecule has 2 aromatic heterocycles. The Morgan fingerprint density at radius 2 is 2.40 bits per heavy atom. The van der Waals surface area contributed by atoms with Crippen molar-refractivity contribution in [3.05, 3.63) is 24.3 Å². The van der Waals surface area contributed by atoms with Crippen molar-refractivity contribution in [3.8, 4) is 0 Å². The standard InChI is InChI=1S/C13H20N6S/c1-18-12(11-4-2-5-14-10-11)16-17-13(18)20-9-8-19-7-3-6-15-19/h3,6-7,11,14H,2,4-5,8-10H2,1H3/t11-/m1/s1. The van der Waals surface area contributed by atoms with Gasteiger partial charge in [0.2, 0.25) is 0 Å². The first-order chi connectivity index (χ1) is 9.84. The molecule has 0 bridgehead atoms. The fraction of sp³-hybridized carbons (Fsp3) is 0.615. The minimum atomic E-state index is 0.502. The molecular weight excluding hydrogens is 272 g/mol. The van der Waals surface area contributed by atoms with Crippen LogP contribution in [0.15, 0.2) is 23.6 Å². The molecule has 0 amide bonds. The summed E-state index contributed by atoms with van der Waals surface area (Å²) in [4.78, 5) is 0. The van der Waals surface area contributed by atoms with Crippen LogP contribution < -0.4 is 5.32 Å². The third-order valence-corrected chi connectivity index (χ3v) is 4.64. The van der Waals surface area contributed by atoms with Crippen molar-refractivity contribution in [1.82, 2.24) is 29.9 Å². The molecule has 0 unspecified atom stereocenters. The summed E-state index contributed by atoms with van der Waals surface area (Å²) in [6.07, 6.45) is 6.22. The van der Waals surface area contributed by atoms with Gasteiger partial charge in [-0.15, -0.1) is 10.2 Å². The third-order valence-electron chi connectivity index (χ3n) is 3.64. The molecule has 0 aliphatic carbocycles. The Labute approximate surface area is 123 Å². The first kappa shape index (κ1) is 13.6. The minimum absolute atomic E-state index is 0.502. The van der Waals surface area contributed by atoms with E-state index in [9.17, 15) is 0 Å². The van der Waals surface area contributed by atoms with Crippen LogP contribution in [-0.4, -0.2) is 43.4 Å². The minimum Gasteiger partial charge on any atom is -0.316 e. The van der Waals surface area contributed by atoms with Gasteiger partial charge in [-0.3, -0.25) is 4.68 Å². The van der Waals surface area contributed by atoms with Crippen molar-refractivity contribution >= 4 is 11.8 Å². The van der Waals surface area contributed by atoms with E-state index in [1.807, 2.05) is 16.9 Å². The van der Waals surface area contributed by atoms with Gasteiger partial charge in [0.05, 0.1) is 6.54 Å². The lowest BCUT2D eigenvalue weighted by Crippen LogP contribution is -2.29. The summed E-state index contributed by atoms with van der Waals surface area (Å²) in [5, 5.41) is 17.3. The number of nitrogens with one attached hydrogen (secondary N) is 1. The van der Waals surface area contributed by atoms with Crippen molar-refractivity contribution in [2.45, 2.75) is 30.5 Å². The van der Waals surface area contributed by atoms with Crippen LogP contribution in [0.5, 0.6) is 0 Å². The van der Waals surface area contributed by atoms with Crippen LogP contribution in [0.25, 0.3) is 0 Å². The monoisotopic (exact) mass is 292 g/mol. The summed E-state index contributed by atoms with van der Waals surface area (Å²) in [5.74, 6) is 2.57. The van der Waals surface area contributed by atoms with Crippen LogP contribution in [0.3, 0.4) is 0 Å². The molecule has 108 valence electrons. The van der Waals surface area contributed by atoms with Crippen LogP contribution in [-0.2, 0) is 13.6 Å². The van der Waals surface area contributed by atoms with Crippen LogP contribution in [0, 0.1) is 0 Å². The highest BCUT2D eigenvalue weighted by molar-refractivity contribution is 7.99. The summed E-state index contributed by atoms with van der Waals surface area (Å²) >= 11 is 1.74. The van der Waals surface area contributed by atoms with E-state index in [0.717, 1.165) is 36.4 Å². The van der Waals surface area contributed by atoms with Gasteiger partial charge in [-0.2, -0.15) is 5.10 Å². The molecule has 0 spiro atoms. The van der Waals surface area contributed by atoms with Gasteiger partial charge in [-0.05, 0) is 25.5 Å². The molecule has 1 N–H and O–H groups in total. The van der Waals surface area contributed by atoms with Gasteiger partial charge < -0.3 is 9.88 Å². The molecule has 0 radical (unpaired) electrons. The Kier molecular flexibility index (Phi) is 4.37. The second-order valence-electron chi connectivity index (χ2n) is 5.06. The van der Waals surface area contributed by atoms with Crippen molar-refractivity contribution in [1.29, 1.82) is 0 Å². The molecule has 2 aromatic rings. The van der Waals surface area contributed by atoms with E-state index in [-0.39, 0.29) is 0 Å². The Hall–Kier alpha value is -1.34. The topological polar surface area (TPSA) is 60.6 Å². The summed E-state index contributed by atoms with van der Waals surface area (Å²) in [6.45, 7) is 3.04. The van der Waals surface area contributed by atoms with Crippen molar-refractivity contribution < 1.29 is 0 Å². The largest absolute Gasteiger partial charge is 0.316 e. The van der Waals surface area contributed by atoms with Gasteiger partial charge in [-0.1, -0.05) is 11.8 Å². The zero-order chi connectivity index (χ0) is 13.8.